The Kier molecular flexibility index (Phi) is 4.76. The first kappa shape index (κ1) is 13.0. The summed E-state index contributed by atoms with van der Waals surface area (Å²) >= 11 is 0. The molecule has 0 aliphatic heterocycles. The summed E-state index contributed by atoms with van der Waals surface area (Å²) in [6.45, 7) is 2.78. The van der Waals surface area contributed by atoms with Crippen LogP contribution in [0, 0.1) is 0 Å². The maximum Gasteiger partial charge on any atom is 0.264 e. The van der Waals surface area contributed by atoms with Gasteiger partial charge in [-0.05, 0) is 24.1 Å². The van der Waals surface area contributed by atoms with Crippen LogP contribution in [0.2, 0.25) is 0 Å². The molecule has 0 aromatic heterocycles. The highest BCUT2D eigenvalue weighted by Gasteiger charge is 2.02. The second-order valence-electron chi connectivity index (χ2n) is 3.46. The molecule has 0 saturated heterocycles. The molecule has 0 aliphatic rings. The Morgan fingerprint density at radius 3 is 2.31 bits per heavy atom. The predicted octanol–water partition coefficient (Wildman–Crippen LogP) is 1.95. The van der Waals surface area contributed by atoms with Crippen LogP contribution in [0.1, 0.15) is 18.9 Å². The molecule has 1 aromatic rings. The SMILES string of the molecule is CCCOc1ccc(COS(C)(=O)=O)cc1. The van der Waals surface area contributed by atoms with E-state index in [9.17, 15) is 8.42 Å². The normalized spacial score (nSPS) is 11.4. The first-order valence-electron chi connectivity index (χ1n) is 5.07. The summed E-state index contributed by atoms with van der Waals surface area (Å²) in [4.78, 5) is 0. The topological polar surface area (TPSA) is 52.6 Å². The predicted molar refractivity (Wildman–Crippen MR) is 61.9 cm³/mol. The average molecular weight is 244 g/mol. The Hall–Kier alpha value is -1.07. The zero-order valence-electron chi connectivity index (χ0n) is 9.47. The lowest BCUT2D eigenvalue weighted by atomic mass is 10.2. The summed E-state index contributed by atoms with van der Waals surface area (Å²) < 4.78 is 31.6. The number of hydrogen-bond acceptors (Lipinski definition) is 4. The molecular formula is C11H16O4S. The fraction of sp³-hybridized carbons (Fsp3) is 0.455. The minimum absolute atomic E-state index is 0.0624. The van der Waals surface area contributed by atoms with E-state index in [0.717, 1.165) is 24.0 Å². The van der Waals surface area contributed by atoms with Crippen LogP contribution >= 0.6 is 0 Å². The minimum atomic E-state index is -3.38. The molecule has 0 fully saturated rings. The molecule has 90 valence electrons. The highest BCUT2D eigenvalue weighted by atomic mass is 32.2. The van der Waals surface area contributed by atoms with Gasteiger partial charge in [0.2, 0.25) is 0 Å². The summed E-state index contributed by atoms with van der Waals surface area (Å²) in [6.07, 6.45) is 1.99. The Bertz CT molecular complexity index is 408. The van der Waals surface area contributed by atoms with Crippen molar-refractivity contribution in [1.29, 1.82) is 0 Å². The summed E-state index contributed by atoms with van der Waals surface area (Å²) in [7, 11) is -3.38. The number of rotatable bonds is 6. The molecule has 5 heteroatoms. The first-order valence-corrected chi connectivity index (χ1v) is 6.89. The van der Waals surface area contributed by atoms with Crippen molar-refractivity contribution in [2.24, 2.45) is 0 Å². The van der Waals surface area contributed by atoms with Crippen molar-refractivity contribution in [2.45, 2.75) is 20.0 Å². The van der Waals surface area contributed by atoms with Crippen LogP contribution in [0.4, 0.5) is 0 Å². The average Bonchev–Trinajstić information content (AvgIpc) is 2.24. The second-order valence-corrected chi connectivity index (χ2v) is 5.10. The van der Waals surface area contributed by atoms with Gasteiger partial charge in [-0.15, -0.1) is 0 Å². The van der Waals surface area contributed by atoms with Gasteiger partial charge < -0.3 is 4.74 Å². The lowest BCUT2D eigenvalue weighted by Crippen LogP contribution is -2.02. The van der Waals surface area contributed by atoms with Crippen molar-refractivity contribution in [3.8, 4) is 5.75 Å². The minimum Gasteiger partial charge on any atom is -0.494 e. The molecule has 0 aliphatic carbocycles. The third kappa shape index (κ3) is 5.14. The van der Waals surface area contributed by atoms with Crippen molar-refractivity contribution >= 4 is 10.1 Å². The third-order valence-electron chi connectivity index (χ3n) is 1.84. The van der Waals surface area contributed by atoms with E-state index in [-0.39, 0.29) is 6.61 Å². The van der Waals surface area contributed by atoms with Gasteiger partial charge in [0.05, 0.1) is 19.5 Å². The highest BCUT2D eigenvalue weighted by Crippen LogP contribution is 2.13. The van der Waals surface area contributed by atoms with E-state index in [1.54, 1.807) is 24.3 Å². The molecule has 0 amide bonds. The molecular weight excluding hydrogens is 228 g/mol. The molecule has 0 spiro atoms. The van der Waals surface area contributed by atoms with E-state index in [2.05, 4.69) is 4.18 Å². The molecule has 0 unspecified atom stereocenters. The van der Waals surface area contributed by atoms with E-state index < -0.39 is 10.1 Å². The lowest BCUT2D eigenvalue weighted by molar-refractivity contribution is 0.309. The van der Waals surface area contributed by atoms with Crippen molar-refractivity contribution in [1.82, 2.24) is 0 Å². The molecule has 0 heterocycles. The van der Waals surface area contributed by atoms with Crippen LogP contribution in [0.25, 0.3) is 0 Å². The number of ether oxygens (including phenoxy) is 1. The van der Waals surface area contributed by atoms with E-state index in [1.165, 1.54) is 0 Å². The molecule has 4 nitrogen and oxygen atoms in total. The number of hydrogen-bond donors (Lipinski definition) is 0. The first-order chi connectivity index (χ1) is 7.51. The largest absolute Gasteiger partial charge is 0.494 e. The van der Waals surface area contributed by atoms with Gasteiger partial charge in [0.15, 0.2) is 0 Å². The standard InChI is InChI=1S/C11H16O4S/c1-3-8-14-11-6-4-10(5-7-11)9-15-16(2,12)13/h4-7H,3,8-9H2,1-2H3. The second kappa shape index (κ2) is 5.86. The summed E-state index contributed by atoms with van der Waals surface area (Å²) in [5.74, 6) is 0.782. The lowest BCUT2D eigenvalue weighted by Gasteiger charge is -2.05. The van der Waals surface area contributed by atoms with E-state index in [4.69, 9.17) is 4.74 Å². The maximum absolute atomic E-state index is 10.8. The fourth-order valence-corrected chi connectivity index (χ4v) is 1.43. The Balaban J connectivity index is 2.51. The van der Waals surface area contributed by atoms with Crippen LogP contribution in [0.15, 0.2) is 24.3 Å². The Morgan fingerprint density at radius 1 is 1.19 bits per heavy atom. The third-order valence-corrected chi connectivity index (χ3v) is 2.38. The van der Waals surface area contributed by atoms with Gasteiger partial charge in [-0.3, -0.25) is 4.18 Å². The molecule has 1 aromatic carbocycles. The van der Waals surface area contributed by atoms with Gasteiger partial charge in [0.1, 0.15) is 5.75 Å². The molecule has 0 saturated carbocycles. The monoisotopic (exact) mass is 244 g/mol. The van der Waals surface area contributed by atoms with Crippen molar-refractivity contribution < 1.29 is 17.3 Å². The summed E-state index contributed by atoms with van der Waals surface area (Å²) in [5, 5.41) is 0. The molecule has 0 radical (unpaired) electrons. The zero-order chi connectivity index (χ0) is 12.0. The molecule has 16 heavy (non-hydrogen) atoms. The van der Waals surface area contributed by atoms with Crippen LogP contribution in [0.5, 0.6) is 5.75 Å². The van der Waals surface area contributed by atoms with Gasteiger partial charge in [-0.1, -0.05) is 19.1 Å². The molecule has 1 rings (SSSR count). The van der Waals surface area contributed by atoms with E-state index in [1.807, 2.05) is 6.92 Å². The molecule has 0 atom stereocenters. The summed E-state index contributed by atoms with van der Waals surface area (Å²) in [5.41, 5.74) is 0.800. The highest BCUT2D eigenvalue weighted by molar-refractivity contribution is 7.85. The van der Waals surface area contributed by atoms with Crippen LogP contribution in [-0.2, 0) is 20.9 Å². The van der Waals surface area contributed by atoms with Gasteiger partial charge in [0, 0.05) is 0 Å². The van der Waals surface area contributed by atoms with Crippen LogP contribution in [0.3, 0.4) is 0 Å². The van der Waals surface area contributed by atoms with E-state index in [0.29, 0.717) is 6.61 Å². The van der Waals surface area contributed by atoms with Crippen molar-refractivity contribution in [3.05, 3.63) is 29.8 Å². The van der Waals surface area contributed by atoms with Gasteiger partial charge in [-0.25, -0.2) is 0 Å². The van der Waals surface area contributed by atoms with Crippen LogP contribution < -0.4 is 4.74 Å². The van der Waals surface area contributed by atoms with Crippen molar-refractivity contribution in [2.75, 3.05) is 12.9 Å². The Labute approximate surface area is 96.3 Å². The van der Waals surface area contributed by atoms with Gasteiger partial charge in [0.25, 0.3) is 10.1 Å². The quantitative estimate of drug-likeness (QED) is 0.718. The fourth-order valence-electron chi connectivity index (χ4n) is 1.08. The van der Waals surface area contributed by atoms with Gasteiger partial charge >= 0.3 is 0 Å². The van der Waals surface area contributed by atoms with Gasteiger partial charge in [-0.2, -0.15) is 8.42 Å². The smallest absolute Gasteiger partial charge is 0.264 e. The zero-order valence-corrected chi connectivity index (χ0v) is 10.3. The molecule has 0 N–H and O–H groups in total. The van der Waals surface area contributed by atoms with Crippen molar-refractivity contribution in [3.63, 3.8) is 0 Å². The van der Waals surface area contributed by atoms with E-state index >= 15 is 0 Å². The van der Waals surface area contributed by atoms with Crippen LogP contribution in [-0.4, -0.2) is 21.3 Å². The Morgan fingerprint density at radius 2 is 1.81 bits per heavy atom. The summed E-state index contributed by atoms with van der Waals surface area (Å²) in [6, 6.07) is 7.18. The molecule has 0 bridgehead atoms. The maximum atomic E-state index is 10.8. The number of benzene rings is 1.